The molecule has 2 aromatic rings. The van der Waals surface area contributed by atoms with Crippen molar-refractivity contribution in [2.45, 2.75) is 18.2 Å². The number of sulfonamides is 2. The average Bonchev–Trinajstić information content (AvgIpc) is 2.52. The monoisotopic (exact) mass is 418 g/mol. The van der Waals surface area contributed by atoms with Crippen LogP contribution in [0.1, 0.15) is 11.1 Å². The fourth-order valence-corrected chi connectivity index (χ4v) is 4.36. The molecule has 0 saturated heterocycles. The van der Waals surface area contributed by atoms with Crippen LogP contribution in [0.3, 0.4) is 0 Å². The van der Waals surface area contributed by atoms with Gasteiger partial charge in [-0.3, -0.25) is 4.72 Å². The number of rotatable bonds is 7. The molecule has 0 bridgehead atoms. The van der Waals surface area contributed by atoms with Gasteiger partial charge in [-0.2, -0.15) is 0 Å². The second kappa shape index (κ2) is 7.83. The first-order valence-corrected chi connectivity index (χ1v) is 11.1. The summed E-state index contributed by atoms with van der Waals surface area (Å²) in [5.41, 5.74) is 1.28. The maximum Gasteiger partial charge on any atom is 0.240 e. The number of primary sulfonamides is 1. The third kappa shape index (κ3) is 5.34. The Hall–Kier alpha value is -1.81. The van der Waals surface area contributed by atoms with E-state index in [1.807, 2.05) is 0 Å². The highest BCUT2D eigenvalue weighted by atomic mass is 35.5. The summed E-state index contributed by atoms with van der Waals surface area (Å²) in [6.07, 6.45) is 0.159. The molecule has 0 aliphatic rings. The van der Waals surface area contributed by atoms with Crippen molar-refractivity contribution in [1.29, 1.82) is 0 Å². The van der Waals surface area contributed by atoms with Crippen LogP contribution in [-0.4, -0.2) is 29.7 Å². The predicted molar refractivity (Wildman–Crippen MR) is 102 cm³/mol. The molecule has 2 rings (SSSR count). The predicted octanol–water partition coefficient (Wildman–Crippen LogP) is 2.29. The Morgan fingerprint density at radius 3 is 2.42 bits per heavy atom. The van der Waals surface area contributed by atoms with E-state index in [-0.39, 0.29) is 22.8 Å². The SMILES string of the molecule is COc1cc(Cl)ccc1CCS(=O)(=O)Nc1cc(C)ccc1S(N)(=O)=O. The van der Waals surface area contributed by atoms with Crippen molar-refractivity contribution in [2.75, 3.05) is 17.6 Å². The van der Waals surface area contributed by atoms with Gasteiger partial charge in [0.2, 0.25) is 20.0 Å². The molecule has 26 heavy (non-hydrogen) atoms. The summed E-state index contributed by atoms with van der Waals surface area (Å²) in [6.45, 7) is 1.71. The summed E-state index contributed by atoms with van der Waals surface area (Å²) in [5, 5.41) is 5.63. The van der Waals surface area contributed by atoms with E-state index in [0.29, 0.717) is 21.9 Å². The van der Waals surface area contributed by atoms with Gasteiger partial charge < -0.3 is 4.74 Å². The Bertz CT molecular complexity index is 1020. The lowest BCUT2D eigenvalue weighted by Gasteiger charge is -2.13. The number of methoxy groups -OCH3 is 1. The second-order valence-electron chi connectivity index (χ2n) is 5.67. The zero-order valence-corrected chi connectivity index (χ0v) is 16.6. The molecule has 0 unspecified atom stereocenters. The average molecular weight is 419 g/mol. The van der Waals surface area contributed by atoms with Gasteiger partial charge in [0.1, 0.15) is 10.6 Å². The van der Waals surface area contributed by atoms with Crippen molar-refractivity contribution >= 4 is 37.3 Å². The summed E-state index contributed by atoms with van der Waals surface area (Å²) >= 11 is 5.89. The zero-order chi connectivity index (χ0) is 19.5. The largest absolute Gasteiger partial charge is 0.496 e. The third-order valence-corrected chi connectivity index (χ3v) is 6.07. The van der Waals surface area contributed by atoms with Gasteiger partial charge in [-0.15, -0.1) is 0 Å². The van der Waals surface area contributed by atoms with Crippen LogP contribution in [-0.2, 0) is 26.5 Å². The maximum atomic E-state index is 12.4. The van der Waals surface area contributed by atoms with E-state index >= 15 is 0 Å². The lowest BCUT2D eigenvalue weighted by atomic mass is 10.1. The summed E-state index contributed by atoms with van der Waals surface area (Å²) in [5.74, 6) is 0.205. The Balaban J connectivity index is 2.24. The number of halogens is 1. The number of nitrogens with one attached hydrogen (secondary N) is 1. The molecule has 0 saturated carbocycles. The normalized spacial score (nSPS) is 12.0. The van der Waals surface area contributed by atoms with Crippen molar-refractivity contribution in [3.05, 3.63) is 52.5 Å². The Morgan fingerprint density at radius 1 is 1.12 bits per heavy atom. The zero-order valence-electron chi connectivity index (χ0n) is 14.2. The van der Waals surface area contributed by atoms with Crippen molar-refractivity contribution in [3.63, 3.8) is 0 Å². The number of hydrogen-bond donors (Lipinski definition) is 2. The van der Waals surface area contributed by atoms with Crippen LogP contribution in [0.4, 0.5) is 5.69 Å². The van der Waals surface area contributed by atoms with E-state index in [0.717, 1.165) is 0 Å². The minimum absolute atomic E-state index is 0.0735. The molecule has 0 amide bonds. The summed E-state index contributed by atoms with van der Waals surface area (Å²) in [4.78, 5) is -0.282. The highest BCUT2D eigenvalue weighted by molar-refractivity contribution is 7.93. The minimum Gasteiger partial charge on any atom is -0.496 e. The molecule has 0 aliphatic heterocycles. The summed E-state index contributed by atoms with van der Waals surface area (Å²) in [6, 6.07) is 9.13. The first-order chi connectivity index (χ1) is 12.0. The van der Waals surface area contributed by atoms with Crippen LogP contribution >= 0.6 is 11.6 Å². The molecule has 0 atom stereocenters. The number of anilines is 1. The number of nitrogens with two attached hydrogens (primary N) is 1. The van der Waals surface area contributed by atoms with Crippen molar-refractivity contribution in [3.8, 4) is 5.75 Å². The third-order valence-electron chi connectivity index (χ3n) is 3.60. The standard InChI is InChI=1S/C16H19ClN2O5S2/c1-11-3-6-16(26(18,22)23)14(9-11)19-25(20,21)8-7-12-4-5-13(17)10-15(12)24-2/h3-6,9-10,19H,7-8H2,1-2H3,(H2,18,22,23). The highest BCUT2D eigenvalue weighted by Crippen LogP contribution is 2.25. The van der Waals surface area contributed by atoms with Crippen LogP contribution in [0, 0.1) is 6.92 Å². The molecule has 0 spiro atoms. The van der Waals surface area contributed by atoms with Crippen molar-refractivity contribution in [2.24, 2.45) is 5.14 Å². The van der Waals surface area contributed by atoms with Gasteiger partial charge in [-0.25, -0.2) is 22.0 Å². The quantitative estimate of drug-likeness (QED) is 0.715. The van der Waals surface area contributed by atoms with Gasteiger partial charge in [0.05, 0.1) is 18.6 Å². The molecule has 0 aromatic heterocycles. The van der Waals surface area contributed by atoms with Gasteiger partial charge in [0, 0.05) is 5.02 Å². The van der Waals surface area contributed by atoms with E-state index < -0.39 is 20.0 Å². The molecule has 142 valence electrons. The molecule has 0 radical (unpaired) electrons. The minimum atomic E-state index is -4.07. The van der Waals surface area contributed by atoms with Crippen molar-refractivity contribution < 1.29 is 21.6 Å². The number of aryl methyl sites for hydroxylation is 2. The van der Waals surface area contributed by atoms with Crippen molar-refractivity contribution in [1.82, 2.24) is 0 Å². The summed E-state index contributed by atoms with van der Waals surface area (Å²) in [7, 11) is -6.43. The smallest absolute Gasteiger partial charge is 0.240 e. The van der Waals surface area contributed by atoms with Crippen LogP contribution < -0.4 is 14.6 Å². The van der Waals surface area contributed by atoms with E-state index in [1.54, 1.807) is 25.1 Å². The van der Waals surface area contributed by atoms with Gasteiger partial charge in [0.15, 0.2) is 0 Å². The highest BCUT2D eigenvalue weighted by Gasteiger charge is 2.19. The molecular weight excluding hydrogens is 400 g/mol. The lowest BCUT2D eigenvalue weighted by Crippen LogP contribution is -2.21. The molecule has 0 fully saturated rings. The number of ether oxygens (including phenoxy) is 1. The van der Waals surface area contributed by atoms with E-state index in [1.165, 1.54) is 25.3 Å². The van der Waals surface area contributed by atoms with Crippen LogP contribution in [0.15, 0.2) is 41.3 Å². The molecular formula is C16H19ClN2O5S2. The molecule has 10 heteroatoms. The fourth-order valence-electron chi connectivity index (χ4n) is 2.36. The summed E-state index contributed by atoms with van der Waals surface area (Å²) < 4.78 is 55.6. The second-order valence-corrected chi connectivity index (χ2v) is 9.48. The molecule has 3 N–H and O–H groups in total. The molecule has 2 aromatic carbocycles. The van der Waals surface area contributed by atoms with Crippen LogP contribution in [0.25, 0.3) is 0 Å². The maximum absolute atomic E-state index is 12.4. The van der Waals surface area contributed by atoms with E-state index in [4.69, 9.17) is 21.5 Å². The van der Waals surface area contributed by atoms with Gasteiger partial charge in [0.25, 0.3) is 0 Å². The lowest BCUT2D eigenvalue weighted by molar-refractivity contribution is 0.410. The van der Waals surface area contributed by atoms with E-state index in [9.17, 15) is 16.8 Å². The first-order valence-electron chi connectivity index (χ1n) is 7.48. The van der Waals surface area contributed by atoms with Gasteiger partial charge >= 0.3 is 0 Å². The van der Waals surface area contributed by atoms with Gasteiger partial charge in [-0.05, 0) is 48.7 Å². The number of hydrogen-bond acceptors (Lipinski definition) is 5. The topological polar surface area (TPSA) is 116 Å². The van der Waals surface area contributed by atoms with E-state index in [2.05, 4.69) is 4.72 Å². The number of benzene rings is 2. The Labute approximate surface area is 158 Å². The van der Waals surface area contributed by atoms with Gasteiger partial charge in [-0.1, -0.05) is 23.7 Å². The Kier molecular flexibility index (Phi) is 6.17. The molecule has 0 heterocycles. The molecule has 7 nitrogen and oxygen atoms in total. The van der Waals surface area contributed by atoms with Crippen LogP contribution in [0.2, 0.25) is 5.02 Å². The Morgan fingerprint density at radius 2 is 1.81 bits per heavy atom. The molecule has 0 aliphatic carbocycles. The van der Waals surface area contributed by atoms with Crippen LogP contribution in [0.5, 0.6) is 5.75 Å². The first kappa shape index (κ1) is 20.5. The fraction of sp³-hybridized carbons (Fsp3) is 0.250.